The highest BCUT2D eigenvalue weighted by Gasteiger charge is 2.26. The Balaban J connectivity index is 2.04. The van der Waals surface area contributed by atoms with Crippen molar-refractivity contribution in [2.24, 2.45) is 0 Å². The summed E-state index contributed by atoms with van der Waals surface area (Å²) in [5.41, 5.74) is 6.49. The van der Waals surface area contributed by atoms with Gasteiger partial charge in [0.25, 0.3) is 0 Å². The van der Waals surface area contributed by atoms with Gasteiger partial charge in [-0.25, -0.2) is 0 Å². The topological polar surface area (TPSA) is 55.3 Å². The summed E-state index contributed by atoms with van der Waals surface area (Å²) in [5.74, 6) is 0.845. The molecule has 2 rings (SSSR count). The summed E-state index contributed by atoms with van der Waals surface area (Å²) in [6.07, 6.45) is 6.34. The molecule has 0 saturated carbocycles. The Morgan fingerprint density at radius 3 is 3.00 bits per heavy atom. The van der Waals surface area contributed by atoms with Crippen molar-refractivity contribution in [3.8, 4) is 0 Å². The van der Waals surface area contributed by atoms with Gasteiger partial charge < -0.3 is 10.3 Å². The van der Waals surface area contributed by atoms with E-state index in [4.69, 9.17) is 10.3 Å². The van der Waals surface area contributed by atoms with E-state index in [0.717, 1.165) is 12.2 Å². The Morgan fingerprint density at radius 2 is 2.38 bits per heavy atom. The van der Waals surface area contributed by atoms with Crippen molar-refractivity contribution in [1.29, 1.82) is 0 Å². The maximum Gasteiger partial charge on any atom is 0.161 e. The molecular formula is C12H21N3O. The largest absolute Gasteiger partial charge is 0.395 e. The van der Waals surface area contributed by atoms with Gasteiger partial charge in [-0.3, -0.25) is 4.90 Å². The van der Waals surface area contributed by atoms with E-state index in [1.165, 1.54) is 25.8 Å². The number of hydrogen-bond acceptors (Lipinski definition) is 4. The van der Waals surface area contributed by atoms with Crippen molar-refractivity contribution in [2.75, 3.05) is 12.3 Å². The van der Waals surface area contributed by atoms with Crippen LogP contribution in [0.1, 0.15) is 38.9 Å². The number of piperidine rings is 1. The summed E-state index contributed by atoms with van der Waals surface area (Å²) in [7, 11) is 0. The molecule has 1 aromatic heterocycles. The molecule has 4 nitrogen and oxygen atoms in total. The van der Waals surface area contributed by atoms with Gasteiger partial charge >= 0.3 is 0 Å². The van der Waals surface area contributed by atoms with Crippen LogP contribution < -0.4 is 5.73 Å². The van der Waals surface area contributed by atoms with Gasteiger partial charge in [0.05, 0.1) is 11.9 Å². The normalized spacial score (nSPS) is 22.8. The number of anilines is 1. The van der Waals surface area contributed by atoms with E-state index in [1.807, 2.05) is 0 Å². The molecule has 2 heterocycles. The highest BCUT2D eigenvalue weighted by Crippen LogP contribution is 2.24. The first kappa shape index (κ1) is 11.5. The average molecular weight is 223 g/mol. The molecule has 0 aliphatic carbocycles. The Labute approximate surface area is 96.8 Å². The van der Waals surface area contributed by atoms with Crippen LogP contribution >= 0.6 is 0 Å². The molecular weight excluding hydrogens is 202 g/mol. The van der Waals surface area contributed by atoms with Gasteiger partial charge in [-0.05, 0) is 33.2 Å². The molecule has 4 heteroatoms. The molecule has 0 bridgehead atoms. The third-order valence-corrected chi connectivity index (χ3v) is 3.43. The van der Waals surface area contributed by atoms with E-state index in [1.54, 1.807) is 6.20 Å². The van der Waals surface area contributed by atoms with Gasteiger partial charge in [-0.15, -0.1) is 0 Å². The van der Waals surface area contributed by atoms with Gasteiger partial charge in [0.2, 0.25) is 0 Å². The molecule has 1 atom stereocenters. The fourth-order valence-electron chi connectivity index (χ4n) is 2.56. The predicted octanol–water partition coefficient (Wildman–Crippen LogP) is 2.06. The molecule has 0 radical (unpaired) electrons. The molecule has 1 aromatic rings. The van der Waals surface area contributed by atoms with Crippen LogP contribution in [-0.4, -0.2) is 28.7 Å². The number of rotatable bonds is 3. The van der Waals surface area contributed by atoms with E-state index in [2.05, 4.69) is 23.9 Å². The minimum Gasteiger partial charge on any atom is -0.395 e. The Hall–Kier alpha value is -1.03. The fraction of sp³-hybridized carbons (Fsp3) is 0.750. The lowest BCUT2D eigenvalue weighted by Crippen LogP contribution is -2.44. The van der Waals surface area contributed by atoms with Crippen LogP contribution in [0.25, 0.3) is 0 Å². The third kappa shape index (κ3) is 2.38. The molecule has 0 aromatic carbocycles. The smallest absolute Gasteiger partial charge is 0.161 e. The molecule has 1 aliphatic heterocycles. The van der Waals surface area contributed by atoms with Gasteiger partial charge in [-0.1, -0.05) is 11.6 Å². The van der Waals surface area contributed by atoms with Crippen LogP contribution in [0.15, 0.2) is 10.7 Å². The summed E-state index contributed by atoms with van der Waals surface area (Å²) in [4.78, 5) is 2.55. The summed E-state index contributed by atoms with van der Waals surface area (Å²) in [5, 5.41) is 3.74. The van der Waals surface area contributed by atoms with E-state index < -0.39 is 0 Å². The number of nitrogen functional groups attached to an aromatic ring is 1. The summed E-state index contributed by atoms with van der Waals surface area (Å²) in [6, 6.07) is 1.15. The van der Waals surface area contributed by atoms with Crippen molar-refractivity contribution >= 4 is 5.69 Å². The van der Waals surface area contributed by atoms with Crippen LogP contribution in [0, 0.1) is 0 Å². The molecule has 0 amide bonds. The Bertz CT molecular complexity index is 335. The first-order valence-electron chi connectivity index (χ1n) is 6.13. The zero-order valence-corrected chi connectivity index (χ0v) is 10.1. The maximum absolute atomic E-state index is 5.80. The number of nitrogens with two attached hydrogens (primary N) is 1. The van der Waals surface area contributed by atoms with Crippen LogP contribution in [0.2, 0.25) is 0 Å². The van der Waals surface area contributed by atoms with E-state index >= 15 is 0 Å². The first-order chi connectivity index (χ1) is 7.68. The number of likely N-dealkylation sites (tertiary alicyclic amines) is 1. The molecule has 1 fully saturated rings. The van der Waals surface area contributed by atoms with E-state index in [9.17, 15) is 0 Å². The number of hydrogen-bond donors (Lipinski definition) is 1. The highest BCUT2D eigenvalue weighted by molar-refractivity contribution is 5.38. The van der Waals surface area contributed by atoms with Crippen molar-refractivity contribution < 1.29 is 4.52 Å². The van der Waals surface area contributed by atoms with Gasteiger partial charge in [0.1, 0.15) is 0 Å². The summed E-state index contributed by atoms with van der Waals surface area (Å²) >= 11 is 0. The monoisotopic (exact) mass is 223 g/mol. The van der Waals surface area contributed by atoms with Gasteiger partial charge in [0, 0.05) is 18.5 Å². The highest BCUT2D eigenvalue weighted by atomic mass is 16.5. The van der Waals surface area contributed by atoms with Crippen LogP contribution in [0.5, 0.6) is 0 Å². The van der Waals surface area contributed by atoms with Crippen LogP contribution in [-0.2, 0) is 6.42 Å². The van der Waals surface area contributed by atoms with Crippen LogP contribution in [0.4, 0.5) is 5.69 Å². The second kappa shape index (κ2) is 4.87. The second-order valence-corrected chi connectivity index (χ2v) is 4.89. The fourth-order valence-corrected chi connectivity index (χ4v) is 2.56. The lowest BCUT2D eigenvalue weighted by Gasteiger charge is -2.38. The van der Waals surface area contributed by atoms with Crippen molar-refractivity contribution in [2.45, 2.75) is 51.6 Å². The standard InChI is InChI=1S/C12H21N3O/c1-9(2)15-6-4-3-5-10(15)7-12-11(13)8-14-16-12/h8-10H,3-7,13H2,1-2H3. The first-order valence-corrected chi connectivity index (χ1v) is 6.13. The summed E-state index contributed by atoms with van der Waals surface area (Å²) < 4.78 is 5.19. The van der Waals surface area contributed by atoms with Crippen molar-refractivity contribution in [1.82, 2.24) is 10.1 Å². The third-order valence-electron chi connectivity index (χ3n) is 3.43. The second-order valence-electron chi connectivity index (χ2n) is 4.89. The SMILES string of the molecule is CC(C)N1CCCCC1Cc1oncc1N. The lowest BCUT2D eigenvalue weighted by atomic mass is 9.96. The van der Waals surface area contributed by atoms with Gasteiger partial charge in [0.15, 0.2) is 5.76 Å². The molecule has 1 unspecified atom stereocenters. The summed E-state index contributed by atoms with van der Waals surface area (Å²) in [6.45, 7) is 5.69. The van der Waals surface area contributed by atoms with Crippen molar-refractivity contribution in [3.63, 3.8) is 0 Å². The molecule has 2 N–H and O–H groups in total. The molecule has 1 aliphatic rings. The Morgan fingerprint density at radius 1 is 1.56 bits per heavy atom. The van der Waals surface area contributed by atoms with E-state index in [-0.39, 0.29) is 0 Å². The quantitative estimate of drug-likeness (QED) is 0.852. The average Bonchev–Trinajstić information content (AvgIpc) is 2.65. The Kier molecular flexibility index (Phi) is 3.49. The zero-order valence-electron chi connectivity index (χ0n) is 10.1. The van der Waals surface area contributed by atoms with E-state index in [0.29, 0.717) is 17.8 Å². The molecule has 90 valence electrons. The number of aromatic nitrogens is 1. The van der Waals surface area contributed by atoms with Crippen LogP contribution in [0.3, 0.4) is 0 Å². The molecule has 1 saturated heterocycles. The molecule has 0 spiro atoms. The van der Waals surface area contributed by atoms with Gasteiger partial charge in [-0.2, -0.15) is 0 Å². The molecule has 16 heavy (non-hydrogen) atoms. The lowest BCUT2D eigenvalue weighted by molar-refractivity contribution is 0.106. The number of nitrogens with zero attached hydrogens (tertiary/aromatic N) is 2. The minimum absolute atomic E-state index is 0.559. The maximum atomic E-state index is 5.80. The zero-order chi connectivity index (χ0) is 11.5. The van der Waals surface area contributed by atoms with Crippen molar-refractivity contribution in [3.05, 3.63) is 12.0 Å². The predicted molar refractivity (Wildman–Crippen MR) is 64.1 cm³/mol. The minimum atomic E-state index is 0.559.